The first kappa shape index (κ1) is 30.0. The third-order valence-electron chi connectivity index (χ3n) is 7.42. The minimum Gasteiger partial charge on any atom is -0.378 e. The molecule has 2 saturated carbocycles. The Balaban J connectivity index is 1.31. The van der Waals surface area contributed by atoms with E-state index >= 15 is 0 Å². The minimum atomic E-state index is -0.150. The van der Waals surface area contributed by atoms with Crippen molar-refractivity contribution >= 4 is 29.4 Å². The van der Waals surface area contributed by atoms with Gasteiger partial charge in [0.2, 0.25) is 17.8 Å². The zero-order valence-electron chi connectivity index (χ0n) is 23.6. The number of carbonyl (C=O) groups excluding carboxylic acids is 1. The fourth-order valence-electron chi connectivity index (χ4n) is 5.21. The third kappa shape index (κ3) is 10.5. The van der Waals surface area contributed by atoms with Crippen LogP contribution in [0, 0.1) is 5.92 Å². The van der Waals surface area contributed by atoms with E-state index in [0.29, 0.717) is 74.9 Å². The molecular formula is C29H46N8O3. The zero-order valence-corrected chi connectivity index (χ0v) is 23.6. The first-order chi connectivity index (χ1) is 19.7. The van der Waals surface area contributed by atoms with Gasteiger partial charge in [-0.05, 0) is 55.9 Å². The van der Waals surface area contributed by atoms with Crippen LogP contribution in [-0.4, -0.2) is 73.0 Å². The molecule has 0 aliphatic heterocycles. The highest BCUT2D eigenvalue weighted by Gasteiger charge is 2.17. The lowest BCUT2D eigenvalue weighted by Crippen LogP contribution is -2.27. The molecule has 4 rings (SSSR count). The SMILES string of the molecule is NCCOCCOCCNC(=O)c1ccc(Nc2nc(NCC3CCCCC3)nc(NC3CCCCC3)n2)cc1. The molecule has 2 aliphatic rings. The molecule has 40 heavy (non-hydrogen) atoms. The summed E-state index contributed by atoms with van der Waals surface area (Å²) in [5.41, 5.74) is 6.74. The summed E-state index contributed by atoms with van der Waals surface area (Å²) in [5, 5.41) is 13.2. The lowest BCUT2D eigenvalue weighted by atomic mass is 9.89. The zero-order chi connectivity index (χ0) is 27.8. The van der Waals surface area contributed by atoms with Gasteiger partial charge in [-0.15, -0.1) is 0 Å². The van der Waals surface area contributed by atoms with E-state index in [9.17, 15) is 4.79 Å². The number of nitrogens with two attached hydrogens (primary N) is 1. The molecule has 6 N–H and O–H groups in total. The van der Waals surface area contributed by atoms with Crippen LogP contribution >= 0.6 is 0 Å². The van der Waals surface area contributed by atoms with E-state index in [2.05, 4.69) is 31.2 Å². The molecule has 0 spiro atoms. The molecule has 220 valence electrons. The van der Waals surface area contributed by atoms with E-state index in [0.717, 1.165) is 25.1 Å². The lowest BCUT2D eigenvalue weighted by Gasteiger charge is -2.24. The van der Waals surface area contributed by atoms with Crippen molar-refractivity contribution in [3.63, 3.8) is 0 Å². The summed E-state index contributed by atoms with van der Waals surface area (Å²) < 4.78 is 10.7. The summed E-state index contributed by atoms with van der Waals surface area (Å²) in [6, 6.07) is 7.66. The van der Waals surface area contributed by atoms with Crippen LogP contribution in [0.4, 0.5) is 23.5 Å². The van der Waals surface area contributed by atoms with E-state index < -0.39 is 0 Å². The Bertz CT molecular complexity index is 1010. The van der Waals surface area contributed by atoms with E-state index in [1.807, 2.05) is 12.1 Å². The number of aromatic nitrogens is 3. The number of anilines is 4. The molecule has 0 saturated heterocycles. The molecule has 0 bridgehead atoms. The maximum absolute atomic E-state index is 12.5. The van der Waals surface area contributed by atoms with E-state index in [-0.39, 0.29) is 5.91 Å². The van der Waals surface area contributed by atoms with Gasteiger partial charge in [0, 0.05) is 36.9 Å². The fourth-order valence-corrected chi connectivity index (χ4v) is 5.21. The lowest BCUT2D eigenvalue weighted by molar-refractivity contribution is 0.0511. The Kier molecular flexibility index (Phi) is 12.7. The molecule has 1 heterocycles. The number of nitrogens with one attached hydrogen (secondary N) is 4. The highest BCUT2D eigenvalue weighted by Crippen LogP contribution is 2.25. The molecule has 1 amide bonds. The van der Waals surface area contributed by atoms with Crippen molar-refractivity contribution in [2.45, 2.75) is 70.3 Å². The fraction of sp³-hybridized carbons (Fsp3) is 0.655. The van der Waals surface area contributed by atoms with Crippen LogP contribution in [0.25, 0.3) is 0 Å². The van der Waals surface area contributed by atoms with Gasteiger partial charge in [0.25, 0.3) is 5.91 Å². The number of nitrogens with zero attached hydrogens (tertiary/aromatic N) is 3. The van der Waals surface area contributed by atoms with Gasteiger partial charge >= 0.3 is 0 Å². The van der Waals surface area contributed by atoms with Crippen LogP contribution in [0.2, 0.25) is 0 Å². The van der Waals surface area contributed by atoms with Gasteiger partial charge in [-0.25, -0.2) is 0 Å². The van der Waals surface area contributed by atoms with Gasteiger partial charge in [-0.2, -0.15) is 15.0 Å². The third-order valence-corrected chi connectivity index (χ3v) is 7.42. The van der Waals surface area contributed by atoms with Gasteiger partial charge < -0.3 is 36.5 Å². The van der Waals surface area contributed by atoms with Crippen molar-refractivity contribution in [3.05, 3.63) is 29.8 Å². The second-order valence-electron chi connectivity index (χ2n) is 10.6. The van der Waals surface area contributed by atoms with E-state index in [1.165, 1.54) is 51.4 Å². The summed E-state index contributed by atoms with van der Waals surface area (Å²) in [7, 11) is 0. The second kappa shape index (κ2) is 16.9. The first-order valence-corrected chi connectivity index (χ1v) is 15.0. The summed E-state index contributed by atoms with van der Waals surface area (Å²) in [6.07, 6.45) is 12.5. The predicted octanol–water partition coefficient (Wildman–Crippen LogP) is 4.07. The molecule has 1 aromatic heterocycles. The molecule has 0 atom stereocenters. The Morgan fingerprint density at radius 3 is 2.17 bits per heavy atom. The van der Waals surface area contributed by atoms with Gasteiger partial charge in [-0.3, -0.25) is 4.79 Å². The maximum atomic E-state index is 12.5. The predicted molar refractivity (Wildman–Crippen MR) is 158 cm³/mol. The first-order valence-electron chi connectivity index (χ1n) is 15.0. The number of benzene rings is 1. The highest BCUT2D eigenvalue weighted by atomic mass is 16.5. The second-order valence-corrected chi connectivity index (χ2v) is 10.6. The molecule has 2 aromatic rings. The topological polar surface area (TPSA) is 148 Å². The summed E-state index contributed by atoms with van der Waals surface area (Å²) >= 11 is 0. The minimum absolute atomic E-state index is 0.150. The van der Waals surface area contributed by atoms with Crippen molar-refractivity contribution in [1.29, 1.82) is 0 Å². The monoisotopic (exact) mass is 554 g/mol. The number of carbonyl (C=O) groups is 1. The standard InChI is InChI=1S/C29H46N8O3/c30-15-17-39-19-20-40-18-16-31-26(38)23-11-13-25(14-12-23)34-29-36-27(32-21-22-7-3-1-4-8-22)35-28(37-29)33-24-9-5-2-6-10-24/h11-14,22,24H,1-10,15-21,30H2,(H,31,38)(H3,32,33,34,35,36,37). The van der Waals surface area contributed by atoms with Gasteiger partial charge in [0.15, 0.2) is 0 Å². The van der Waals surface area contributed by atoms with Crippen LogP contribution in [0.1, 0.15) is 74.6 Å². The smallest absolute Gasteiger partial charge is 0.251 e. The number of hydrogen-bond acceptors (Lipinski definition) is 10. The van der Waals surface area contributed by atoms with Crippen molar-refractivity contribution < 1.29 is 14.3 Å². The Morgan fingerprint density at radius 1 is 0.800 bits per heavy atom. The Labute approximate surface area is 237 Å². The Hall–Kier alpha value is -3.02. The molecule has 0 unspecified atom stereocenters. The van der Waals surface area contributed by atoms with Crippen molar-refractivity contribution in [3.8, 4) is 0 Å². The van der Waals surface area contributed by atoms with Crippen LogP contribution in [0.5, 0.6) is 0 Å². The van der Waals surface area contributed by atoms with Crippen LogP contribution in [0.3, 0.4) is 0 Å². The quantitative estimate of drug-likeness (QED) is 0.192. The molecule has 11 heteroatoms. The van der Waals surface area contributed by atoms with Crippen LogP contribution < -0.4 is 27.0 Å². The average Bonchev–Trinajstić information content (AvgIpc) is 2.99. The van der Waals surface area contributed by atoms with Gasteiger partial charge in [0.1, 0.15) is 0 Å². The van der Waals surface area contributed by atoms with E-state index in [1.54, 1.807) is 12.1 Å². The largest absolute Gasteiger partial charge is 0.378 e. The van der Waals surface area contributed by atoms with Crippen molar-refractivity contribution in [2.75, 3.05) is 62.0 Å². The highest BCUT2D eigenvalue weighted by molar-refractivity contribution is 5.94. The molecule has 11 nitrogen and oxygen atoms in total. The van der Waals surface area contributed by atoms with E-state index in [4.69, 9.17) is 20.2 Å². The summed E-state index contributed by atoms with van der Waals surface area (Å²) in [4.78, 5) is 26.5. The van der Waals surface area contributed by atoms with Crippen LogP contribution in [-0.2, 0) is 9.47 Å². The number of hydrogen-bond donors (Lipinski definition) is 5. The normalized spacial score (nSPS) is 16.4. The average molecular weight is 555 g/mol. The molecule has 2 aliphatic carbocycles. The molecular weight excluding hydrogens is 508 g/mol. The number of ether oxygens (including phenoxy) is 2. The van der Waals surface area contributed by atoms with Crippen LogP contribution in [0.15, 0.2) is 24.3 Å². The number of rotatable bonds is 16. The van der Waals surface area contributed by atoms with Crippen molar-refractivity contribution in [1.82, 2.24) is 20.3 Å². The summed E-state index contributed by atoms with van der Waals surface area (Å²) in [6.45, 7) is 3.72. The Morgan fingerprint density at radius 2 is 1.45 bits per heavy atom. The summed E-state index contributed by atoms with van der Waals surface area (Å²) in [5.74, 6) is 2.18. The molecule has 1 aromatic carbocycles. The molecule has 0 radical (unpaired) electrons. The molecule has 2 fully saturated rings. The maximum Gasteiger partial charge on any atom is 0.251 e. The van der Waals surface area contributed by atoms with Gasteiger partial charge in [0.05, 0.1) is 26.4 Å². The number of amides is 1. The van der Waals surface area contributed by atoms with Crippen molar-refractivity contribution in [2.24, 2.45) is 11.7 Å². The van der Waals surface area contributed by atoms with Gasteiger partial charge in [-0.1, -0.05) is 38.5 Å².